The number of anilines is 1. The minimum absolute atomic E-state index is 0.569. The highest BCUT2D eigenvalue weighted by atomic mass is 19.4. The van der Waals surface area contributed by atoms with Gasteiger partial charge in [-0.3, -0.25) is 0 Å². The van der Waals surface area contributed by atoms with Crippen LogP contribution in [0.15, 0.2) is 6.07 Å². The van der Waals surface area contributed by atoms with Gasteiger partial charge in [0.2, 0.25) is 0 Å². The standard InChI is InChI=1S/C8H7F5N2O/c9-7(10)5-3(2-16)1-4(14)15-6(5)8(11,12)13/h1,7,16H,2H2,(H2,14,15). The Morgan fingerprint density at radius 1 is 1.38 bits per heavy atom. The van der Waals surface area contributed by atoms with Crippen molar-refractivity contribution in [1.82, 2.24) is 4.98 Å². The lowest BCUT2D eigenvalue weighted by molar-refractivity contribution is -0.143. The topological polar surface area (TPSA) is 59.1 Å². The summed E-state index contributed by atoms with van der Waals surface area (Å²) in [7, 11) is 0. The Balaban J connectivity index is 3.51. The van der Waals surface area contributed by atoms with Crippen molar-refractivity contribution in [2.75, 3.05) is 5.73 Å². The van der Waals surface area contributed by atoms with Gasteiger partial charge >= 0.3 is 6.18 Å². The lowest BCUT2D eigenvalue weighted by Gasteiger charge is -2.15. The molecule has 1 aromatic heterocycles. The van der Waals surface area contributed by atoms with Crippen LogP contribution in [0, 0.1) is 0 Å². The van der Waals surface area contributed by atoms with Gasteiger partial charge in [0.05, 0.1) is 12.2 Å². The van der Waals surface area contributed by atoms with E-state index in [1.54, 1.807) is 0 Å². The Kier molecular flexibility index (Phi) is 3.32. The molecule has 0 aliphatic rings. The van der Waals surface area contributed by atoms with E-state index in [0.717, 1.165) is 6.07 Å². The number of nitrogens with zero attached hydrogens (tertiary/aromatic N) is 1. The van der Waals surface area contributed by atoms with Gasteiger partial charge in [-0.15, -0.1) is 0 Å². The molecule has 16 heavy (non-hydrogen) atoms. The number of hydrogen-bond donors (Lipinski definition) is 2. The molecule has 0 aliphatic heterocycles. The van der Waals surface area contributed by atoms with Crippen molar-refractivity contribution in [3.05, 3.63) is 22.9 Å². The molecule has 0 aliphatic carbocycles. The van der Waals surface area contributed by atoms with Gasteiger partial charge in [-0.2, -0.15) is 13.2 Å². The maximum absolute atomic E-state index is 12.4. The highest BCUT2D eigenvalue weighted by molar-refractivity contribution is 5.42. The van der Waals surface area contributed by atoms with E-state index in [-0.39, 0.29) is 0 Å². The first-order chi connectivity index (χ1) is 7.27. The summed E-state index contributed by atoms with van der Waals surface area (Å²) in [5, 5.41) is 8.70. The fourth-order valence-corrected chi connectivity index (χ4v) is 1.22. The molecule has 0 saturated carbocycles. The van der Waals surface area contributed by atoms with Crippen molar-refractivity contribution in [1.29, 1.82) is 0 Å². The number of pyridine rings is 1. The van der Waals surface area contributed by atoms with Gasteiger partial charge in [0.15, 0.2) is 5.69 Å². The summed E-state index contributed by atoms with van der Waals surface area (Å²) in [6.45, 7) is -0.963. The van der Waals surface area contributed by atoms with Crippen LogP contribution in [0.3, 0.4) is 0 Å². The Bertz CT molecular complexity index is 391. The van der Waals surface area contributed by atoms with Gasteiger partial charge in [-0.05, 0) is 11.6 Å². The minimum Gasteiger partial charge on any atom is -0.392 e. The summed E-state index contributed by atoms with van der Waals surface area (Å²) < 4.78 is 62.0. The number of aliphatic hydroxyl groups excluding tert-OH is 1. The van der Waals surface area contributed by atoms with Crippen molar-refractivity contribution >= 4 is 5.82 Å². The molecule has 1 heterocycles. The number of aliphatic hydroxyl groups is 1. The number of nitrogen functional groups attached to an aromatic ring is 1. The molecule has 0 spiro atoms. The molecule has 8 heteroatoms. The number of halogens is 5. The van der Waals surface area contributed by atoms with E-state index < -0.39 is 41.8 Å². The molecule has 0 fully saturated rings. The van der Waals surface area contributed by atoms with Crippen LogP contribution in [-0.4, -0.2) is 10.1 Å². The van der Waals surface area contributed by atoms with Gasteiger partial charge in [0.1, 0.15) is 5.82 Å². The number of nitrogens with two attached hydrogens (primary N) is 1. The van der Waals surface area contributed by atoms with E-state index in [1.165, 1.54) is 0 Å². The van der Waals surface area contributed by atoms with Gasteiger partial charge < -0.3 is 10.8 Å². The molecule has 0 radical (unpaired) electrons. The zero-order valence-corrected chi connectivity index (χ0v) is 7.72. The normalized spacial score (nSPS) is 12.2. The third-order valence-electron chi connectivity index (χ3n) is 1.82. The molecule has 1 rings (SSSR count). The van der Waals surface area contributed by atoms with E-state index >= 15 is 0 Å². The average Bonchev–Trinajstić information content (AvgIpc) is 2.14. The molecule has 0 atom stereocenters. The van der Waals surface area contributed by atoms with Gasteiger partial charge in [0, 0.05) is 0 Å². The third-order valence-corrected chi connectivity index (χ3v) is 1.82. The van der Waals surface area contributed by atoms with Gasteiger partial charge in [-0.1, -0.05) is 0 Å². The monoisotopic (exact) mass is 242 g/mol. The summed E-state index contributed by atoms with van der Waals surface area (Å²) in [4.78, 5) is 2.84. The lowest BCUT2D eigenvalue weighted by atomic mass is 10.1. The van der Waals surface area contributed by atoms with E-state index in [0.29, 0.717) is 0 Å². The molecule has 3 nitrogen and oxygen atoms in total. The minimum atomic E-state index is -5.04. The molecule has 90 valence electrons. The van der Waals surface area contributed by atoms with Crippen molar-refractivity contribution in [2.24, 2.45) is 0 Å². The molecular formula is C8H7F5N2O. The summed E-state index contributed by atoms with van der Waals surface area (Å²) >= 11 is 0. The van der Waals surface area contributed by atoms with E-state index in [9.17, 15) is 22.0 Å². The van der Waals surface area contributed by atoms with Crippen LogP contribution >= 0.6 is 0 Å². The third kappa shape index (κ3) is 2.38. The molecule has 0 saturated heterocycles. The van der Waals surface area contributed by atoms with Gasteiger partial charge in [-0.25, -0.2) is 13.8 Å². The second kappa shape index (κ2) is 4.20. The Labute approximate surface area is 86.7 Å². The van der Waals surface area contributed by atoms with Crippen LogP contribution in [0.2, 0.25) is 0 Å². The number of hydrogen-bond acceptors (Lipinski definition) is 3. The van der Waals surface area contributed by atoms with Crippen molar-refractivity contribution < 1.29 is 27.1 Å². The van der Waals surface area contributed by atoms with Crippen molar-refractivity contribution in [3.63, 3.8) is 0 Å². The zero-order chi connectivity index (χ0) is 12.5. The Morgan fingerprint density at radius 2 is 1.94 bits per heavy atom. The van der Waals surface area contributed by atoms with Crippen LogP contribution in [0.25, 0.3) is 0 Å². The molecule has 0 amide bonds. The highest BCUT2D eigenvalue weighted by Gasteiger charge is 2.39. The Hall–Kier alpha value is -1.44. The SMILES string of the molecule is Nc1cc(CO)c(C(F)F)c(C(F)(F)F)n1. The second-order valence-corrected chi connectivity index (χ2v) is 2.93. The Morgan fingerprint density at radius 3 is 2.31 bits per heavy atom. The summed E-state index contributed by atoms with van der Waals surface area (Å²) in [6, 6.07) is 0.788. The molecule has 0 unspecified atom stereocenters. The second-order valence-electron chi connectivity index (χ2n) is 2.93. The smallest absolute Gasteiger partial charge is 0.392 e. The van der Waals surface area contributed by atoms with Crippen LogP contribution < -0.4 is 5.73 Å². The van der Waals surface area contributed by atoms with Crippen LogP contribution in [0.5, 0.6) is 0 Å². The maximum atomic E-state index is 12.4. The van der Waals surface area contributed by atoms with Gasteiger partial charge in [0.25, 0.3) is 6.43 Å². The van der Waals surface area contributed by atoms with Crippen LogP contribution in [0.1, 0.15) is 23.2 Å². The number of aromatic nitrogens is 1. The van der Waals surface area contributed by atoms with Crippen LogP contribution in [0.4, 0.5) is 27.8 Å². The van der Waals surface area contributed by atoms with Crippen LogP contribution in [-0.2, 0) is 12.8 Å². The average molecular weight is 242 g/mol. The quantitative estimate of drug-likeness (QED) is 0.781. The largest absolute Gasteiger partial charge is 0.433 e. The molecule has 3 N–H and O–H groups in total. The number of rotatable bonds is 2. The highest BCUT2D eigenvalue weighted by Crippen LogP contribution is 2.37. The summed E-state index contributed by atoms with van der Waals surface area (Å²) in [5.74, 6) is -0.569. The van der Waals surface area contributed by atoms with Crippen molar-refractivity contribution in [2.45, 2.75) is 19.2 Å². The molecule has 0 aromatic carbocycles. The summed E-state index contributed by atoms with van der Waals surface area (Å²) in [6.07, 6.45) is -8.42. The predicted octanol–water partition coefficient (Wildman–Crippen LogP) is 2.11. The first kappa shape index (κ1) is 12.6. The molecule has 1 aromatic rings. The van der Waals surface area contributed by atoms with Crippen molar-refractivity contribution in [3.8, 4) is 0 Å². The maximum Gasteiger partial charge on any atom is 0.433 e. The van der Waals surface area contributed by atoms with E-state index in [2.05, 4.69) is 4.98 Å². The summed E-state index contributed by atoms with van der Waals surface area (Å²) in [5.41, 5.74) is 1.37. The predicted molar refractivity (Wildman–Crippen MR) is 44.5 cm³/mol. The first-order valence-electron chi connectivity index (χ1n) is 4.03. The zero-order valence-electron chi connectivity index (χ0n) is 7.72. The van der Waals surface area contributed by atoms with E-state index in [1.807, 2.05) is 0 Å². The number of alkyl halides is 5. The fraction of sp³-hybridized carbons (Fsp3) is 0.375. The first-order valence-corrected chi connectivity index (χ1v) is 4.03. The van der Waals surface area contributed by atoms with E-state index in [4.69, 9.17) is 10.8 Å². The molecule has 0 bridgehead atoms. The lowest BCUT2D eigenvalue weighted by Crippen LogP contribution is -2.16. The fourth-order valence-electron chi connectivity index (χ4n) is 1.22. The molecular weight excluding hydrogens is 235 g/mol.